The van der Waals surface area contributed by atoms with Gasteiger partial charge in [0, 0.05) is 29.9 Å². The smallest absolute Gasteiger partial charge is 0.252 e. The third kappa shape index (κ3) is 3.55. The van der Waals surface area contributed by atoms with E-state index in [1.54, 1.807) is 12.4 Å². The number of carbonyl (C=O) groups is 1. The number of nitrogens with one attached hydrogen (secondary N) is 1. The first-order valence-electron chi connectivity index (χ1n) is 8.85. The van der Waals surface area contributed by atoms with Crippen LogP contribution in [-0.4, -0.2) is 15.9 Å². The molecule has 0 saturated heterocycles. The Hall–Kier alpha value is -3.53. The van der Waals surface area contributed by atoms with E-state index < -0.39 is 0 Å². The number of nitrogens with zero attached hydrogens (tertiary/aromatic N) is 2. The SMILES string of the molecule is Cc1cccc2c(C(=O)NCc3cccnc3)cc(-c3ccccc3)nc12. The minimum absolute atomic E-state index is 0.117. The lowest BCUT2D eigenvalue weighted by Crippen LogP contribution is -2.23. The molecule has 0 saturated carbocycles. The molecule has 4 nitrogen and oxygen atoms in total. The second kappa shape index (κ2) is 7.38. The van der Waals surface area contributed by atoms with Crippen molar-refractivity contribution in [2.45, 2.75) is 13.5 Å². The van der Waals surface area contributed by atoms with Gasteiger partial charge in [0.15, 0.2) is 0 Å². The average Bonchev–Trinajstić information content (AvgIpc) is 2.73. The number of amides is 1. The average molecular weight is 353 g/mol. The fourth-order valence-electron chi connectivity index (χ4n) is 3.12. The first-order chi connectivity index (χ1) is 13.2. The van der Waals surface area contributed by atoms with Gasteiger partial charge in [-0.25, -0.2) is 4.98 Å². The van der Waals surface area contributed by atoms with Crippen molar-refractivity contribution in [1.82, 2.24) is 15.3 Å². The summed E-state index contributed by atoms with van der Waals surface area (Å²) >= 11 is 0. The third-order valence-corrected chi connectivity index (χ3v) is 4.53. The monoisotopic (exact) mass is 353 g/mol. The minimum Gasteiger partial charge on any atom is -0.348 e. The van der Waals surface area contributed by atoms with Gasteiger partial charge in [-0.05, 0) is 30.2 Å². The fraction of sp³-hybridized carbons (Fsp3) is 0.0870. The maximum atomic E-state index is 13.0. The van der Waals surface area contributed by atoms with Gasteiger partial charge in [-0.2, -0.15) is 0 Å². The molecule has 0 fully saturated rings. The summed E-state index contributed by atoms with van der Waals surface area (Å²) in [6, 6.07) is 21.5. The quantitative estimate of drug-likeness (QED) is 0.586. The Morgan fingerprint density at radius 3 is 2.63 bits per heavy atom. The summed E-state index contributed by atoms with van der Waals surface area (Å²) in [5, 5.41) is 3.86. The first kappa shape index (κ1) is 16.9. The van der Waals surface area contributed by atoms with Gasteiger partial charge in [0.25, 0.3) is 5.91 Å². The third-order valence-electron chi connectivity index (χ3n) is 4.53. The molecule has 0 unspecified atom stereocenters. The number of aromatic nitrogens is 2. The molecule has 4 heteroatoms. The largest absolute Gasteiger partial charge is 0.348 e. The molecule has 0 atom stereocenters. The van der Waals surface area contributed by atoms with E-state index in [0.29, 0.717) is 12.1 Å². The molecule has 0 aliphatic carbocycles. The van der Waals surface area contributed by atoms with Crippen LogP contribution in [0.5, 0.6) is 0 Å². The second-order valence-electron chi connectivity index (χ2n) is 6.44. The number of rotatable bonds is 4. The predicted molar refractivity (Wildman–Crippen MR) is 107 cm³/mol. The predicted octanol–water partition coefficient (Wildman–Crippen LogP) is 4.54. The summed E-state index contributed by atoms with van der Waals surface area (Å²) in [5.74, 6) is -0.117. The Kier molecular flexibility index (Phi) is 4.62. The van der Waals surface area contributed by atoms with E-state index in [1.165, 1.54) is 0 Å². The van der Waals surface area contributed by atoms with Gasteiger partial charge in [-0.3, -0.25) is 9.78 Å². The number of fused-ring (bicyclic) bond motifs is 1. The highest BCUT2D eigenvalue weighted by Crippen LogP contribution is 2.26. The number of carbonyl (C=O) groups excluding carboxylic acids is 1. The van der Waals surface area contributed by atoms with Crippen molar-refractivity contribution in [2.24, 2.45) is 0 Å². The summed E-state index contributed by atoms with van der Waals surface area (Å²) in [5.41, 5.74) is 5.28. The molecule has 0 aliphatic heterocycles. The standard InChI is InChI=1S/C23H19N3O/c1-16-7-5-11-19-20(23(27)25-15-17-8-6-12-24-14-17)13-21(26-22(16)19)18-9-3-2-4-10-18/h2-14H,15H2,1H3,(H,25,27). The Morgan fingerprint density at radius 2 is 1.85 bits per heavy atom. The molecule has 1 amide bonds. The van der Waals surface area contributed by atoms with Crippen molar-refractivity contribution in [3.05, 3.63) is 95.8 Å². The Bertz CT molecular complexity index is 1090. The summed E-state index contributed by atoms with van der Waals surface area (Å²) in [6.45, 7) is 2.45. The van der Waals surface area contributed by atoms with Crippen LogP contribution in [0, 0.1) is 6.92 Å². The zero-order chi connectivity index (χ0) is 18.6. The highest BCUT2D eigenvalue weighted by atomic mass is 16.1. The van der Waals surface area contributed by atoms with E-state index in [1.807, 2.05) is 73.7 Å². The molecular weight excluding hydrogens is 334 g/mol. The van der Waals surface area contributed by atoms with Crippen LogP contribution >= 0.6 is 0 Å². The first-order valence-corrected chi connectivity index (χ1v) is 8.85. The second-order valence-corrected chi connectivity index (χ2v) is 6.44. The number of hydrogen-bond acceptors (Lipinski definition) is 3. The molecule has 4 aromatic rings. The zero-order valence-corrected chi connectivity index (χ0v) is 15.0. The lowest BCUT2D eigenvalue weighted by Gasteiger charge is -2.12. The Labute approximate surface area is 157 Å². The molecule has 0 spiro atoms. The van der Waals surface area contributed by atoms with Gasteiger partial charge in [0.2, 0.25) is 0 Å². The van der Waals surface area contributed by atoms with E-state index in [9.17, 15) is 4.79 Å². The van der Waals surface area contributed by atoms with Gasteiger partial charge in [-0.15, -0.1) is 0 Å². The van der Waals surface area contributed by atoms with E-state index in [0.717, 1.165) is 33.3 Å². The highest BCUT2D eigenvalue weighted by Gasteiger charge is 2.15. The Morgan fingerprint density at radius 1 is 1.00 bits per heavy atom. The van der Waals surface area contributed by atoms with Crippen LogP contribution in [0.25, 0.3) is 22.2 Å². The van der Waals surface area contributed by atoms with Gasteiger partial charge >= 0.3 is 0 Å². The molecule has 0 aliphatic rings. The molecular formula is C23H19N3O. The van der Waals surface area contributed by atoms with Crippen molar-refractivity contribution >= 4 is 16.8 Å². The highest BCUT2D eigenvalue weighted by molar-refractivity contribution is 6.07. The topological polar surface area (TPSA) is 54.9 Å². The van der Waals surface area contributed by atoms with Crippen LogP contribution < -0.4 is 5.32 Å². The van der Waals surface area contributed by atoms with Crippen LogP contribution in [0.4, 0.5) is 0 Å². The fourth-order valence-corrected chi connectivity index (χ4v) is 3.12. The number of benzene rings is 2. The maximum Gasteiger partial charge on any atom is 0.252 e. The van der Waals surface area contributed by atoms with Crippen LogP contribution in [-0.2, 0) is 6.54 Å². The van der Waals surface area contributed by atoms with Crippen LogP contribution in [0.1, 0.15) is 21.5 Å². The summed E-state index contributed by atoms with van der Waals surface area (Å²) in [7, 11) is 0. The lowest BCUT2D eigenvalue weighted by atomic mass is 10.0. The molecule has 2 heterocycles. The van der Waals surface area contributed by atoms with Crippen LogP contribution in [0.3, 0.4) is 0 Å². The van der Waals surface area contributed by atoms with E-state index in [4.69, 9.17) is 4.98 Å². The van der Waals surface area contributed by atoms with Crippen LogP contribution in [0.2, 0.25) is 0 Å². The van der Waals surface area contributed by atoms with E-state index in [-0.39, 0.29) is 5.91 Å². The molecule has 0 bridgehead atoms. The van der Waals surface area contributed by atoms with E-state index in [2.05, 4.69) is 10.3 Å². The normalized spacial score (nSPS) is 10.7. The van der Waals surface area contributed by atoms with Crippen molar-refractivity contribution in [3.8, 4) is 11.3 Å². The van der Waals surface area contributed by atoms with Crippen molar-refractivity contribution in [3.63, 3.8) is 0 Å². The number of aryl methyl sites for hydroxylation is 1. The maximum absolute atomic E-state index is 13.0. The molecule has 0 radical (unpaired) electrons. The number of pyridine rings is 2. The van der Waals surface area contributed by atoms with Gasteiger partial charge < -0.3 is 5.32 Å². The summed E-state index contributed by atoms with van der Waals surface area (Å²) in [4.78, 5) is 21.9. The molecule has 4 rings (SSSR count). The Balaban J connectivity index is 1.76. The molecule has 27 heavy (non-hydrogen) atoms. The van der Waals surface area contributed by atoms with Gasteiger partial charge in [0.1, 0.15) is 0 Å². The number of para-hydroxylation sites is 1. The molecule has 2 aromatic heterocycles. The van der Waals surface area contributed by atoms with Gasteiger partial charge in [-0.1, -0.05) is 54.6 Å². The van der Waals surface area contributed by atoms with Crippen LogP contribution in [0.15, 0.2) is 79.1 Å². The van der Waals surface area contributed by atoms with E-state index >= 15 is 0 Å². The zero-order valence-electron chi connectivity index (χ0n) is 15.0. The molecule has 2 aromatic carbocycles. The lowest BCUT2D eigenvalue weighted by molar-refractivity contribution is 0.0952. The van der Waals surface area contributed by atoms with Gasteiger partial charge in [0.05, 0.1) is 16.8 Å². The molecule has 1 N–H and O–H groups in total. The summed E-state index contributed by atoms with van der Waals surface area (Å²) in [6.07, 6.45) is 3.47. The summed E-state index contributed by atoms with van der Waals surface area (Å²) < 4.78 is 0. The van der Waals surface area contributed by atoms with Crippen molar-refractivity contribution in [2.75, 3.05) is 0 Å². The van der Waals surface area contributed by atoms with Crippen molar-refractivity contribution in [1.29, 1.82) is 0 Å². The van der Waals surface area contributed by atoms with Crippen molar-refractivity contribution < 1.29 is 4.79 Å². The number of hydrogen-bond donors (Lipinski definition) is 1. The molecule has 132 valence electrons. The minimum atomic E-state index is -0.117.